The third-order valence-electron chi connectivity index (χ3n) is 5.32. The molecule has 1 atom stereocenters. The Labute approximate surface area is 189 Å². The molecule has 1 aliphatic rings. The van der Waals surface area contributed by atoms with Crippen molar-refractivity contribution in [3.63, 3.8) is 0 Å². The highest BCUT2D eigenvalue weighted by molar-refractivity contribution is 14.0. The molecule has 0 aliphatic carbocycles. The first-order chi connectivity index (χ1) is 13.0. The van der Waals surface area contributed by atoms with Gasteiger partial charge in [-0.3, -0.25) is 4.99 Å². The van der Waals surface area contributed by atoms with Gasteiger partial charge < -0.3 is 20.4 Å². The molecule has 6 heteroatoms. The Bertz CT molecular complexity index is 565. The highest BCUT2D eigenvalue weighted by Gasteiger charge is 2.20. The molecule has 1 saturated heterocycles. The van der Waals surface area contributed by atoms with Gasteiger partial charge in [0.05, 0.1) is 12.6 Å². The molecular weight excluding hydrogens is 461 g/mol. The second kappa shape index (κ2) is 13.4. The normalized spacial score (nSPS) is 17.3. The quantitative estimate of drug-likeness (QED) is 0.324. The lowest BCUT2D eigenvalue weighted by atomic mass is 10.0. The number of aryl methyl sites for hydroxylation is 1. The molecular formula is C22H40IN5. The molecule has 0 aromatic heterocycles. The maximum atomic E-state index is 4.92. The van der Waals surface area contributed by atoms with E-state index in [1.807, 2.05) is 0 Å². The summed E-state index contributed by atoms with van der Waals surface area (Å²) in [7, 11) is 4.26. The molecule has 5 nitrogen and oxygen atoms in total. The number of hydrogen-bond donors (Lipinski definition) is 2. The van der Waals surface area contributed by atoms with Gasteiger partial charge >= 0.3 is 0 Å². The van der Waals surface area contributed by atoms with Crippen LogP contribution in [0, 0.1) is 6.92 Å². The maximum absolute atomic E-state index is 4.92. The van der Waals surface area contributed by atoms with Gasteiger partial charge in [0.15, 0.2) is 5.96 Å². The largest absolute Gasteiger partial charge is 0.357 e. The standard InChI is InChI=1S/C22H39N5.HI/c1-6-14-27-15-12-20(13-16-27)25-22(23-7-2)24-17-21(26(4)5)19-10-8-18(3)9-11-19;/h8-11,20-21H,6-7,12-17H2,1-5H3,(H2,23,24,25);1H. The number of hydrogen-bond acceptors (Lipinski definition) is 3. The molecule has 28 heavy (non-hydrogen) atoms. The number of nitrogens with one attached hydrogen (secondary N) is 2. The Morgan fingerprint density at radius 3 is 2.36 bits per heavy atom. The van der Waals surface area contributed by atoms with E-state index in [1.54, 1.807) is 0 Å². The van der Waals surface area contributed by atoms with Gasteiger partial charge in [-0.05, 0) is 59.3 Å². The molecule has 1 heterocycles. The van der Waals surface area contributed by atoms with Crippen LogP contribution in [0.15, 0.2) is 29.3 Å². The monoisotopic (exact) mass is 501 g/mol. The molecule has 2 rings (SSSR count). The molecule has 1 fully saturated rings. The number of guanidine groups is 1. The number of likely N-dealkylation sites (tertiary alicyclic amines) is 1. The van der Waals surface area contributed by atoms with Crippen molar-refractivity contribution >= 4 is 29.9 Å². The zero-order valence-corrected chi connectivity index (χ0v) is 20.7. The Balaban J connectivity index is 0.00000392. The molecule has 0 saturated carbocycles. The molecule has 1 aliphatic heterocycles. The number of halogens is 1. The first-order valence-electron chi connectivity index (χ1n) is 10.5. The van der Waals surface area contributed by atoms with Gasteiger partial charge in [0.25, 0.3) is 0 Å². The zero-order valence-electron chi connectivity index (χ0n) is 18.4. The number of piperidine rings is 1. The van der Waals surface area contributed by atoms with E-state index in [0.29, 0.717) is 6.04 Å². The lowest BCUT2D eigenvalue weighted by molar-refractivity contribution is 0.206. The number of aliphatic imine (C=N–C) groups is 1. The van der Waals surface area contributed by atoms with Crippen LogP contribution in [0.4, 0.5) is 0 Å². The molecule has 1 aromatic carbocycles. The highest BCUT2D eigenvalue weighted by Crippen LogP contribution is 2.19. The van der Waals surface area contributed by atoms with Crippen LogP contribution in [0.3, 0.4) is 0 Å². The summed E-state index contributed by atoms with van der Waals surface area (Å²) < 4.78 is 0. The summed E-state index contributed by atoms with van der Waals surface area (Å²) in [6.45, 7) is 11.8. The molecule has 1 unspecified atom stereocenters. The highest BCUT2D eigenvalue weighted by atomic mass is 127. The van der Waals surface area contributed by atoms with E-state index in [0.717, 1.165) is 19.0 Å². The van der Waals surface area contributed by atoms with E-state index in [9.17, 15) is 0 Å². The first kappa shape index (κ1) is 25.2. The molecule has 0 bridgehead atoms. The average Bonchev–Trinajstić information content (AvgIpc) is 2.65. The predicted molar refractivity (Wildman–Crippen MR) is 132 cm³/mol. The molecule has 1 aromatic rings. The lowest BCUT2D eigenvalue weighted by Gasteiger charge is -2.33. The van der Waals surface area contributed by atoms with Crippen LogP contribution < -0.4 is 10.6 Å². The smallest absolute Gasteiger partial charge is 0.191 e. The Morgan fingerprint density at radius 2 is 1.82 bits per heavy atom. The number of rotatable bonds is 8. The molecule has 0 amide bonds. The van der Waals surface area contributed by atoms with Crippen molar-refractivity contribution < 1.29 is 0 Å². The Hall–Kier alpha value is -0.860. The summed E-state index contributed by atoms with van der Waals surface area (Å²) in [6, 6.07) is 9.62. The van der Waals surface area contributed by atoms with Gasteiger partial charge in [0.1, 0.15) is 0 Å². The van der Waals surface area contributed by atoms with E-state index < -0.39 is 0 Å². The van der Waals surface area contributed by atoms with Gasteiger partial charge in [-0.1, -0.05) is 36.8 Å². The Kier molecular flexibility index (Phi) is 12.0. The topological polar surface area (TPSA) is 42.9 Å². The van der Waals surface area contributed by atoms with Crippen LogP contribution >= 0.6 is 24.0 Å². The molecule has 0 spiro atoms. The van der Waals surface area contributed by atoms with Crippen LogP contribution in [0.2, 0.25) is 0 Å². The van der Waals surface area contributed by atoms with Crippen molar-refractivity contribution in [3.05, 3.63) is 35.4 Å². The SMILES string of the molecule is CCCN1CCC(NC(=NCC(c2ccc(C)cc2)N(C)C)NCC)CC1.I. The van der Waals surface area contributed by atoms with E-state index >= 15 is 0 Å². The van der Waals surface area contributed by atoms with Crippen LogP contribution in [0.25, 0.3) is 0 Å². The summed E-state index contributed by atoms with van der Waals surface area (Å²) in [6.07, 6.45) is 3.63. The third-order valence-corrected chi connectivity index (χ3v) is 5.32. The molecule has 2 N–H and O–H groups in total. The Morgan fingerprint density at radius 1 is 1.18 bits per heavy atom. The van der Waals surface area contributed by atoms with Crippen LogP contribution in [0.1, 0.15) is 50.3 Å². The van der Waals surface area contributed by atoms with Crippen molar-refractivity contribution in [2.45, 2.75) is 52.1 Å². The number of benzene rings is 1. The summed E-state index contributed by atoms with van der Waals surface area (Å²) in [4.78, 5) is 9.74. The van der Waals surface area contributed by atoms with Gasteiger partial charge in [-0.2, -0.15) is 0 Å². The minimum Gasteiger partial charge on any atom is -0.357 e. The van der Waals surface area contributed by atoms with Gasteiger partial charge in [0, 0.05) is 25.7 Å². The maximum Gasteiger partial charge on any atom is 0.191 e. The average molecular weight is 502 g/mol. The summed E-state index contributed by atoms with van der Waals surface area (Å²) >= 11 is 0. The van der Waals surface area contributed by atoms with E-state index in [-0.39, 0.29) is 30.0 Å². The predicted octanol–water partition coefficient (Wildman–Crippen LogP) is 3.65. The fraction of sp³-hybridized carbons (Fsp3) is 0.682. The first-order valence-corrected chi connectivity index (χ1v) is 10.5. The molecule has 0 radical (unpaired) electrons. The van der Waals surface area contributed by atoms with Crippen LogP contribution in [0.5, 0.6) is 0 Å². The van der Waals surface area contributed by atoms with Gasteiger partial charge in [-0.15, -0.1) is 24.0 Å². The van der Waals surface area contributed by atoms with E-state index in [1.165, 1.54) is 50.0 Å². The van der Waals surface area contributed by atoms with Crippen molar-refractivity contribution in [2.75, 3.05) is 46.8 Å². The summed E-state index contributed by atoms with van der Waals surface area (Å²) in [5.41, 5.74) is 2.61. The minimum atomic E-state index is 0. The van der Waals surface area contributed by atoms with Crippen molar-refractivity contribution in [3.8, 4) is 0 Å². The van der Waals surface area contributed by atoms with Gasteiger partial charge in [-0.25, -0.2) is 0 Å². The van der Waals surface area contributed by atoms with E-state index in [2.05, 4.69) is 79.6 Å². The number of likely N-dealkylation sites (N-methyl/N-ethyl adjacent to an activating group) is 1. The second-order valence-electron chi connectivity index (χ2n) is 7.87. The summed E-state index contributed by atoms with van der Waals surface area (Å²) in [5, 5.41) is 7.10. The van der Waals surface area contributed by atoms with E-state index in [4.69, 9.17) is 4.99 Å². The zero-order chi connectivity index (χ0) is 19.6. The lowest BCUT2D eigenvalue weighted by Crippen LogP contribution is -2.49. The van der Waals surface area contributed by atoms with Crippen molar-refractivity contribution in [1.82, 2.24) is 20.4 Å². The second-order valence-corrected chi connectivity index (χ2v) is 7.87. The number of nitrogens with zero attached hydrogens (tertiary/aromatic N) is 3. The third kappa shape index (κ3) is 8.25. The van der Waals surface area contributed by atoms with Crippen LogP contribution in [-0.2, 0) is 0 Å². The fourth-order valence-electron chi connectivity index (χ4n) is 3.66. The fourth-order valence-corrected chi connectivity index (χ4v) is 3.66. The van der Waals surface area contributed by atoms with Crippen molar-refractivity contribution in [1.29, 1.82) is 0 Å². The van der Waals surface area contributed by atoms with Crippen molar-refractivity contribution in [2.24, 2.45) is 4.99 Å². The van der Waals surface area contributed by atoms with Gasteiger partial charge in [0.2, 0.25) is 0 Å². The van der Waals surface area contributed by atoms with Crippen LogP contribution in [-0.4, -0.2) is 68.6 Å². The molecule has 160 valence electrons. The minimum absolute atomic E-state index is 0. The summed E-state index contributed by atoms with van der Waals surface area (Å²) in [5.74, 6) is 0.949.